The van der Waals surface area contributed by atoms with Crippen LogP contribution in [-0.4, -0.2) is 27.0 Å². The fraction of sp³-hybridized carbons (Fsp3) is 0.0952. The highest BCUT2D eigenvalue weighted by molar-refractivity contribution is 6.18. The van der Waals surface area contributed by atoms with Gasteiger partial charge in [-0.3, -0.25) is 9.20 Å². The summed E-state index contributed by atoms with van der Waals surface area (Å²) in [5, 5.41) is 15.9. The molecule has 6 nitrogen and oxygen atoms in total. The maximum atomic E-state index is 13.3. The summed E-state index contributed by atoms with van der Waals surface area (Å²) in [7, 11) is 0. The van der Waals surface area contributed by atoms with Crippen molar-refractivity contribution in [1.29, 1.82) is 0 Å². The van der Waals surface area contributed by atoms with Crippen LogP contribution in [0.1, 0.15) is 17.3 Å². The molecule has 0 saturated heterocycles. The number of nitrogens with zero attached hydrogens (tertiary/aromatic N) is 2. The number of fused-ring (bicyclic) bond motifs is 4. The molecule has 0 fully saturated rings. The summed E-state index contributed by atoms with van der Waals surface area (Å²) in [6, 6.07) is 14.3. The largest absolute Gasteiger partial charge is 0.478 e. The van der Waals surface area contributed by atoms with E-state index in [1.165, 1.54) is 16.5 Å². The van der Waals surface area contributed by atoms with Crippen LogP contribution >= 0.6 is 0 Å². The number of aromatic carboxylic acids is 1. The maximum Gasteiger partial charge on any atom is 0.335 e. The van der Waals surface area contributed by atoms with Crippen LogP contribution in [0.3, 0.4) is 0 Å². The highest BCUT2D eigenvalue weighted by atomic mass is 16.4. The van der Waals surface area contributed by atoms with Crippen molar-refractivity contribution in [1.82, 2.24) is 9.38 Å². The Morgan fingerprint density at radius 1 is 1.11 bits per heavy atom. The van der Waals surface area contributed by atoms with Crippen molar-refractivity contribution in [2.75, 3.05) is 11.9 Å². The molecule has 0 bridgehead atoms. The quantitative estimate of drug-likeness (QED) is 0.514. The van der Waals surface area contributed by atoms with E-state index in [9.17, 15) is 14.7 Å². The third kappa shape index (κ3) is 2.04. The molecule has 132 valence electrons. The molecule has 2 aromatic heterocycles. The van der Waals surface area contributed by atoms with Crippen LogP contribution in [0, 0.1) is 0 Å². The molecular weight excluding hydrogens is 342 g/mol. The fourth-order valence-corrected chi connectivity index (χ4v) is 3.83. The first kappa shape index (κ1) is 15.6. The van der Waals surface area contributed by atoms with Crippen LogP contribution in [0.25, 0.3) is 38.2 Å². The SMILES string of the molecule is CCNc1ccc2c3c1cccc3c(=O)n1c3cc(C(=O)O)ccc3nc21. The molecule has 0 saturated carbocycles. The van der Waals surface area contributed by atoms with Gasteiger partial charge in [-0.1, -0.05) is 12.1 Å². The normalized spacial score (nSPS) is 11.7. The second-order valence-electron chi connectivity index (χ2n) is 6.50. The lowest BCUT2D eigenvalue weighted by molar-refractivity contribution is 0.0697. The van der Waals surface area contributed by atoms with Gasteiger partial charge >= 0.3 is 5.97 Å². The lowest BCUT2D eigenvalue weighted by Crippen LogP contribution is -2.13. The average molecular weight is 357 g/mol. The summed E-state index contributed by atoms with van der Waals surface area (Å²) < 4.78 is 1.52. The predicted octanol–water partition coefficient (Wildman–Crippen LogP) is 3.72. The van der Waals surface area contributed by atoms with Crippen LogP contribution in [0.5, 0.6) is 0 Å². The van der Waals surface area contributed by atoms with Crippen LogP contribution < -0.4 is 10.9 Å². The molecule has 0 aliphatic heterocycles. The molecule has 27 heavy (non-hydrogen) atoms. The topological polar surface area (TPSA) is 83.7 Å². The molecule has 0 atom stereocenters. The van der Waals surface area contributed by atoms with Crippen LogP contribution in [-0.2, 0) is 0 Å². The van der Waals surface area contributed by atoms with Crippen LogP contribution in [0.15, 0.2) is 53.3 Å². The van der Waals surface area contributed by atoms with Gasteiger partial charge in [-0.05, 0) is 43.3 Å². The Morgan fingerprint density at radius 3 is 2.70 bits per heavy atom. The molecule has 0 aliphatic carbocycles. The summed E-state index contributed by atoms with van der Waals surface area (Å²) in [4.78, 5) is 29.3. The van der Waals surface area contributed by atoms with Gasteiger partial charge in [-0.2, -0.15) is 0 Å². The molecule has 6 heteroatoms. The third-order valence-corrected chi connectivity index (χ3v) is 4.98. The Kier molecular flexibility index (Phi) is 3.12. The van der Waals surface area contributed by atoms with E-state index in [4.69, 9.17) is 0 Å². The Morgan fingerprint density at radius 2 is 1.93 bits per heavy atom. The van der Waals surface area contributed by atoms with Crippen LogP contribution in [0.4, 0.5) is 5.69 Å². The maximum absolute atomic E-state index is 13.3. The first-order chi connectivity index (χ1) is 13.1. The monoisotopic (exact) mass is 357 g/mol. The number of carbonyl (C=O) groups is 1. The number of imidazole rings is 1. The number of benzene rings is 3. The lowest BCUT2D eigenvalue weighted by atomic mass is 10.0. The highest BCUT2D eigenvalue weighted by Crippen LogP contribution is 2.33. The van der Waals surface area contributed by atoms with Crippen molar-refractivity contribution in [3.8, 4) is 0 Å². The van der Waals surface area contributed by atoms with Gasteiger partial charge in [0.15, 0.2) is 0 Å². The molecule has 2 heterocycles. The van der Waals surface area contributed by atoms with Gasteiger partial charge in [0.25, 0.3) is 5.56 Å². The van der Waals surface area contributed by atoms with Crippen molar-refractivity contribution in [3.63, 3.8) is 0 Å². The van der Waals surface area contributed by atoms with Crippen LogP contribution in [0.2, 0.25) is 0 Å². The fourth-order valence-electron chi connectivity index (χ4n) is 3.83. The van der Waals surface area contributed by atoms with E-state index >= 15 is 0 Å². The summed E-state index contributed by atoms with van der Waals surface area (Å²) in [6.45, 7) is 2.81. The van der Waals surface area contributed by atoms with Crippen molar-refractivity contribution >= 4 is 49.9 Å². The number of nitrogens with one attached hydrogen (secondary N) is 1. The molecule has 0 radical (unpaired) electrons. The Bertz CT molecular complexity index is 1440. The number of rotatable bonds is 3. The van der Waals surface area contributed by atoms with E-state index in [1.54, 1.807) is 12.1 Å². The molecule has 5 aromatic rings. The molecule has 0 unspecified atom stereocenters. The number of hydrogen-bond donors (Lipinski definition) is 2. The number of aromatic nitrogens is 2. The van der Waals surface area contributed by atoms with Crippen molar-refractivity contribution in [3.05, 3.63) is 64.4 Å². The second-order valence-corrected chi connectivity index (χ2v) is 6.50. The average Bonchev–Trinajstić information content (AvgIpc) is 3.06. The second kappa shape index (κ2) is 5.41. The first-order valence-electron chi connectivity index (χ1n) is 8.70. The minimum Gasteiger partial charge on any atom is -0.478 e. The Balaban J connectivity index is 2.03. The number of carboxylic acids is 1. The number of carboxylic acid groups (broad SMARTS) is 1. The van der Waals surface area contributed by atoms with Gasteiger partial charge in [0, 0.05) is 33.8 Å². The Labute approximate surface area is 153 Å². The zero-order valence-electron chi connectivity index (χ0n) is 14.5. The molecule has 3 aromatic carbocycles. The number of anilines is 1. The minimum atomic E-state index is -1.03. The number of hydrogen-bond acceptors (Lipinski definition) is 4. The predicted molar refractivity (Wildman–Crippen MR) is 106 cm³/mol. The molecule has 0 aliphatic rings. The molecule has 0 amide bonds. The summed E-state index contributed by atoms with van der Waals surface area (Å²) in [5.74, 6) is -1.03. The first-order valence-corrected chi connectivity index (χ1v) is 8.70. The smallest absolute Gasteiger partial charge is 0.335 e. The van der Waals surface area contributed by atoms with E-state index in [-0.39, 0.29) is 11.1 Å². The van der Waals surface area contributed by atoms with Gasteiger partial charge in [0.05, 0.1) is 16.6 Å². The summed E-state index contributed by atoms with van der Waals surface area (Å²) in [5.41, 5.74) is 2.56. The standard InChI is InChI=1S/C21H15N3O3/c1-2-22-15-9-7-13-18-12(15)4-3-5-14(18)20(25)24-17-10-11(21(26)27)6-8-16(17)23-19(13)24/h3-10,22H,2H2,1H3,(H,26,27). The molecule has 0 spiro atoms. The zero-order chi connectivity index (χ0) is 18.7. The van der Waals surface area contributed by atoms with E-state index in [0.29, 0.717) is 22.1 Å². The minimum absolute atomic E-state index is 0.129. The van der Waals surface area contributed by atoms with Crippen molar-refractivity contribution in [2.24, 2.45) is 0 Å². The van der Waals surface area contributed by atoms with Crippen molar-refractivity contribution in [2.45, 2.75) is 6.92 Å². The highest BCUT2D eigenvalue weighted by Gasteiger charge is 2.18. The Hall–Kier alpha value is -3.67. The third-order valence-electron chi connectivity index (χ3n) is 4.98. The van der Waals surface area contributed by atoms with E-state index in [1.807, 2.05) is 31.2 Å². The van der Waals surface area contributed by atoms with Gasteiger partial charge < -0.3 is 10.4 Å². The number of pyridine rings is 1. The van der Waals surface area contributed by atoms with E-state index < -0.39 is 5.97 Å². The van der Waals surface area contributed by atoms with Gasteiger partial charge in [0.2, 0.25) is 0 Å². The zero-order valence-corrected chi connectivity index (χ0v) is 14.5. The molecule has 5 rings (SSSR count). The summed E-state index contributed by atoms with van der Waals surface area (Å²) >= 11 is 0. The molecular formula is C21H15N3O3. The van der Waals surface area contributed by atoms with Gasteiger partial charge in [0.1, 0.15) is 5.65 Å². The van der Waals surface area contributed by atoms with E-state index in [2.05, 4.69) is 10.3 Å². The van der Waals surface area contributed by atoms with Gasteiger partial charge in [-0.15, -0.1) is 0 Å². The lowest BCUT2D eigenvalue weighted by Gasteiger charge is -2.12. The van der Waals surface area contributed by atoms with E-state index in [0.717, 1.165) is 28.4 Å². The van der Waals surface area contributed by atoms with Crippen molar-refractivity contribution < 1.29 is 9.90 Å². The summed E-state index contributed by atoms with van der Waals surface area (Å²) in [6.07, 6.45) is 0. The van der Waals surface area contributed by atoms with Gasteiger partial charge in [-0.25, -0.2) is 9.78 Å². The molecule has 2 N–H and O–H groups in total.